The van der Waals surface area contributed by atoms with Crippen LogP contribution in [-0.4, -0.2) is 48.4 Å². The summed E-state index contributed by atoms with van der Waals surface area (Å²) in [5.41, 5.74) is 1.69. The molecule has 0 saturated carbocycles. The van der Waals surface area contributed by atoms with Crippen LogP contribution in [0.1, 0.15) is 25.8 Å². The zero-order valence-corrected chi connectivity index (χ0v) is 12.0. The molecule has 5 heteroatoms. The fourth-order valence-electron chi connectivity index (χ4n) is 1.95. The second kappa shape index (κ2) is 8.33. The molecule has 1 atom stereocenters. The number of nitrogens with zero attached hydrogens (tertiary/aromatic N) is 1. The van der Waals surface area contributed by atoms with E-state index in [0.717, 1.165) is 26.1 Å². The molecule has 0 saturated heterocycles. The van der Waals surface area contributed by atoms with Crippen LogP contribution in [0, 0.1) is 0 Å². The third-order valence-corrected chi connectivity index (χ3v) is 3.46. The van der Waals surface area contributed by atoms with E-state index in [9.17, 15) is 0 Å². The van der Waals surface area contributed by atoms with Crippen molar-refractivity contribution in [3.8, 4) is 0 Å². The maximum absolute atomic E-state index is 9.07. The first-order valence-corrected chi connectivity index (χ1v) is 6.76. The molecule has 1 aromatic carbocycles. The van der Waals surface area contributed by atoms with Crippen molar-refractivity contribution in [2.45, 2.75) is 32.9 Å². The van der Waals surface area contributed by atoms with E-state index in [1.807, 2.05) is 12.1 Å². The number of hydrogen-bond acceptors (Lipinski definition) is 4. The van der Waals surface area contributed by atoms with Gasteiger partial charge in [-0.1, -0.05) is 31.2 Å². The highest BCUT2D eigenvalue weighted by atomic mass is 16.5. The minimum Gasteiger partial charge on any atom is -0.423 e. The fraction of sp³-hybridized carbons (Fsp3) is 0.571. The molecule has 1 rings (SSSR count). The molecule has 4 nitrogen and oxygen atoms in total. The van der Waals surface area contributed by atoms with Crippen LogP contribution in [0.25, 0.3) is 0 Å². The normalized spacial score (nSPS) is 12.7. The lowest BCUT2D eigenvalue weighted by molar-refractivity contribution is 0.118. The number of methoxy groups -OCH3 is 1. The van der Waals surface area contributed by atoms with E-state index in [1.54, 1.807) is 19.2 Å². The first kappa shape index (κ1) is 16.2. The Labute approximate surface area is 116 Å². The second-order valence-electron chi connectivity index (χ2n) is 4.84. The summed E-state index contributed by atoms with van der Waals surface area (Å²) in [7, 11) is 0.319. The Morgan fingerprint density at radius 3 is 2.37 bits per heavy atom. The summed E-state index contributed by atoms with van der Waals surface area (Å²) in [6.07, 6.45) is 1.09. The molecular weight excluding hydrogens is 241 g/mol. The van der Waals surface area contributed by atoms with Gasteiger partial charge in [-0.25, -0.2) is 0 Å². The van der Waals surface area contributed by atoms with E-state index in [2.05, 4.69) is 18.7 Å². The molecule has 0 fully saturated rings. The third-order valence-electron chi connectivity index (χ3n) is 3.46. The Kier molecular flexibility index (Phi) is 7.09. The van der Waals surface area contributed by atoms with Crippen molar-refractivity contribution in [1.82, 2.24) is 4.90 Å². The lowest BCUT2D eigenvalue weighted by atomic mass is 9.80. The summed E-state index contributed by atoms with van der Waals surface area (Å²) in [6, 6.07) is 7.89. The van der Waals surface area contributed by atoms with Crippen LogP contribution >= 0.6 is 0 Å². The summed E-state index contributed by atoms with van der Waals surface area (Å²) >= 11 is 0. The van der Waals surface area contributed by atoms with Gasteiger partial charge in [0.1, 0.15) is 0 Å². The molecule has 1 aromatic rings. The Morgan fingerprint density at radius 2 is 1.89 bits per heavy atom. The van der Waals surface area contributed by atoms with E-state index in [0.29, 0.717) is 11.5 Å². The fourth-order valence-corrected chi connectivity index (χ4v) is 1.95. The first-order valence-electron chi connectivity index (χ1n) is 6.76. The van der Waals surface area contributed by atoms with Gasteiger partial charge in [-0.2, -0.15) is 0 Å². The molecule has 0 aromatic heterocycles. The Bertz CT molecular complexity index is 356. The highest BCUT2D eigenvalue weighted by Crippen LogP contribution is 2.09. The molecular formula is C14H24BNO3. The van der Waals surface area contributed by atoms with E-state index in [-0.39, 0.29) is 0 Å². The second-order valence-corrected chi connectivity index (χ2v) is 4.84. The van der Waals surface area contributed by atoms with Crippen LogP contribution in [0.2, 0.25) is 0 Å². The van der Waals surface area contributed by atoms with E-state index in [1.165, 1.54) is 5.56 Å². The van der Waals surface area contributed by atoms with Crippen molar-refractivity contribution in [1.29, 1.82) is 0 Å². The van der Waals surface area contributed by atoms with Crippen molar-refractivity contribution in [3.05, 3.63) is 29.8 Å². The number of hydrogen-bond donors (Lipinski definition) is 2. The van der Waals surface area contributed by atoms with Gasteiger partial charge < -0.3 is 14.8 Å². The smallest absolute Gasteiger partial charge is 0.423 e. The monoisotopic (exact) mass is 265 g/mol. The predicted octanol–water partition coefficient (Wildman–Crippen LogP) is 0.613. The molecule has 0 spiro atoms. The average Bonchev–Trinajstić information content (AvgIpc) is 2.43. The van der Waals surface area contributed by atoms with Crippen LogP contribution in [0.4, 0.5) is 0 Å². The summed E-state index contributed by atoms with van der Waals surface area (Å²) < 4.78 is 5.15. The van der Waals surface area contributed by atoms with Crippen molar-refractivity contribution < 1.29 is 14.8 Å². The molecule has 106 valence electrons. The quantitative estimate of drug-likeness (QED) is 0.676. The Balaban J connectivity index is 2.66. The van der Waals surface area contributed by atoms with Crippen LogP contribution in [-0.2, 0) is 11.3 Å². The molecule has 2 N–H and O–H groups in total. The van der Waals surface area contributed by atoms with Gasteiger partial charge in [0, 0.05) is 26.2 Å². The Hall–Kier alpha value is -0.875. The van der Waals surface area contributed by atoms with E-state index < -0.39 is 7.12 Å². The predicted molar refractivity (Wildman–Crippen MR) is 78.3 cm³/mol. The van der Waals surface area contributed by atoms with Crippen LogP contribution in [0.3, 0.4) is 0 Å². The number of benzene rings is 1. The van der Waals surface area contributed by atoms with Gasteiger partial charge in [0.15, 0.2) is 0 Å². The zero-order valence-electron chi connectivity index (χ0n) is 12.0. The van der Waals surface area contributed by atoms with Crippen molar-refractivity contribution in [3.63, 3.8) is 0 Å². The maximum Gasteiger partial charge on any atom is 0.488 e. The minimum absolute atomic E-state index is 0.498. The number of rotatable bonds is 8. The zero-order chi connectivity index (χ0) is 14.3. The summed E-state index contributed by atoms with van der Waals surface area (Å²) in [6.45, 7) is 6.85. The highest BCUT2D eigenvalue weighted by Gasteiger charge is 2.14. The average molecular weight is 265 g/mol. The molecule has 0 bridgehead atoms. The van der Waals surface area contributed by atoms with Crippen LogP contribution in [0.5, 0.6) is 0 Å². The maximum atomic E-state index is 9.07. The standard InChI is InChI=1S/C14H24BNO3/c1-4-12(2)16(9-10-19-3)11-13-5-7-14(8-6-13)15(17)18/h5-8,12,17-18H,4,9-11H2,1-3H3. The highest BCUT2D eigenvalue weighted by molar-refractivity contribution is 6.58. The van der Waals surface area contributed by atoms with Crippen molar-refractivity contribution >= 4 is 12.6 Å². The van der Waals surface area contributed by atoms with Gasteiger partial charge in [-0.15, -0.1) is 0 Å². The molecule has 1 unspecified atom stereocenters. The Morgan fingerprint density at radius 1 is 1.26 bits per heavy atom. The SMILES string of the molecule is CCC(C)N(CCOC)Cc1ccc(B(O)O)cc1. The topological polar surface area (TPSA) is 52.9 Å². The van der Waals surface area contributed by atoms with Crippen molar-refractivity contribution in [2.75, 3.05) is 20.3 Å². The summed E-state index contributed by atoms with van der Waals surface area (Å²) in [5, 5.41) is 18.1. The van der Waals surface area contributed by atoms with Gasteiger partial charge in [0.2, 0.25) is 0 Å². The number of ether oxygens (including phenoxy) is 1. The third kappa shape index (κ3) is 5.32. The molecule has 0 aliphatic carbocycles. The molecule has 19 heavy (non-hydrogen) atoms. The van der Waals surface area contributed by atoms with E-state index >= 15 is 0 Å². The largest absolute Gasteiger partial charge is 0.488 e. The lowest BCUT2D eigenvalue weighted by Crippen LogP contribution is -2.35. The van der Waals surface area contributed by atoms with Gasteiger partial charge in [-0.3, -0.25) is 4.90 Å². The lowest BCUT2D eigenvalue weighted by Gasteiger charge is -2.28. The van der Waals surface area contributed by atoms with Gasteiger partial charge in [0.05, 0.1) is 6.61 Å². The summed E-state index contributed by atoms with van der Waals surface area (Å²) in [4.78, 5) is 2.37. The van der Waals surface area contributed by atoms with Crippen LogP contribution in [0.15, 0.2) is 24.3 Å². The molecule has 0 radical (unpaired) electrons. The summed E-state index contributed by atoms with van der Waals surface area (Å²) in [5.74, 6) is 0. The molecule has 0 heterocycles. The molecule has 0 amide bonds. The molecule has 0 aliphatic rings. The van der Waals surface area contributed by atoms with Crippen LogP contribution < -0.4 is 5.46 Å². The van der Waals surface area contributed by atoms with Gasteiger partial charge in [-0.05, 0) is 24.4 Å². The van der Waals surface area contributed by atoms with E-state index in [4.69, 9.17) is 14.8 Å². The van der Waals surface area contributed by atoms with Crippen molar-refractivity contribution in [2.24, 2.45) is 0 Å². The van der Waals surface area contributed by atoms with Gasteiger partial charge >= 0.3 is 7.12 Å². The molecule has 0 aliphatic heterocycles. The van der Waals surface area contributed by atoms with Gasteiger partial charge in [0.25, 0.3) is 0 Å². The first-order chi connectivity index (χ1) is 9.08. The minimum atomic E-state index is -1.40.